The number of ether oxygens (including phenoxy) is 3. The lowest BCUT2D eigenvalue weighted by molar-refractivity contribution is -0.123. The highest BCUT2D eigenvalue weighted by Gasteiger charge is 2.27. The van der Waals surface area contributed by atoms with Crippen LogP contribution in [-0.4, -0.2) is 38.2 Å². The second-order valence-corrected chi connectivity index (χ2v) is 6.69. The molecule has 9 heteroatoms. The zero-order valence-corrected chi connectivity index (χ0v) is 16.9. The molecule has 29 heavy (non-hydrogen) atoms. The molecule has 150 valence electrons. The number of carbonyl (C=O) groups is 3. The fourth-order valence-corrected chi connectivity index (χ4v) is 3.13. The van der Waals surface area contributed by atoms with Gasteiger partial charge < -0.3 is 14.2 Å². The average Bonchev–Trinajstić information content (AvgIpc) is 2.69. The maximum Gasteiger partial charge on any atom is 0.328 e. The standard InChI is InChI=1S/C20H17BrN2O6/c1-27-16-11-12(9-14-18(24)22-20(26)23-19(14)25)10-15(21)17(16)29-8-7-28-13-5-3-2-4-6-13/h2-6,9-11H,7-8H2,1H3,(H2,22,23,24,25,26). The van der Waals surface area contributed by atoms with Gasteiger partial charge in [0.05, 0.1) is 11.6 Å². The van der Waals surface area contributed by atoms with Crippen LogP contribution >= 0.6 is 15.9 Å². The lowest BCUT2D eigenvalue weighted by Gasteiger charge is -2.16. The third-order valence-electron chi connectivity index (χ3n) is 3.85. The van der Waals surface area contributed by atoms with Crippen LogP contribution in [0.3, 0.4) is 0 Å². The van der Waals surface area contributed by atoms with E-state index >= 15 is 0 Å². The Morgan fingerprint density at radius 1 is 0.966 bits per heavy atom. The Hall–Kier alpha value is -3.33. The minimum atomic E-state index is -0.850. The first-order chi connectivity index (χ1) is 14.0. The fraction of sp³-hybridized carbons (Fsp3) is 0.150. The lowest BCUT2D eigenvalue weighted by Crippen LogP contribution is -2.51. The van der Waals surface area contributed by atoms with Crippen LogP contribution in [0.5, 0.6) is 17.2 Å². The van der Waals surface area contributed by atoms with Gasteiger partial charge in [-0.05, 0) is 51.8 Å². The number of benzene rings is 2. The summed E-state index contributed by atoms with van der Waals surface area (Å²) >= 11 is 3.41. The molecule has 2 aromatic carbocycles. The smallest absolute Gasteiger partial charge is 0.328 e. The summed E-state index contributed by atoms with van der Waals surface area (Å²) in [7, 11) is 1.48. The minimum Gasteiger partial charge on any atom is -0.493 e. The Balaban J connectivity index is 1.72. The van der Waals surface area contributed by atoms with Crippen LogP contribution in [0.4, 0.5) is 4.79 Å². The number of barbiturate groups is 1. The van der Waals surface area contributed by atoms with Crippen molar-refractivity contribution in [3.8, 4) is 17.2 Å². The minimum absolute atomic E-state index is 0.191. The van der Waals surface area contributed by atoms with Gasteiger partial charge in [-0.2, -0.15) is 0 Å². The summed E-state index contributed by atoms with van der Waals surface area (Å²) in [6.07, 6.45) is 1.35. The summed E-state index contributed by atoms with van der Waals surface area (Å²) in [6.45, 7) is 0.608. The van der Waals surface area contributed by atoms with Gasteiger partial charge in [0.1, 0.15) is 24.5 Å². The molecule has 0 radical (unpaired) electrons. The third kappa shape index (κ3) is 5.14. The van der Waals surface area contributed by atoms with Gasteiger partial charge in [0.2, 0.25) is 0 Å². The van der Waals surface area contributed by atoms with E-state index in [1.165, 1.54) is 13.2 Å². The van der Waals surface area contributed by atoms with Crippen molar-refractivity contribution < 1.29 is 28.6 Å². The van der Waals surface area contributed by atoms with Crippen molar-refractivity contribution in [2.45, 2.75) is 0 Å². The maximum absolute atomic E-state index is 11.9. The van der Waals surface area contributed by atoms with Crippen molar-refractivity contribution in [3.05, 3.63) is 58.1 Å². The van der Waals surface area contributed by atoms with Crippen LogP contribution in [0.1, 0.15) is 5.56 Å². The Kier molecular flexibility index (Phi) is 6.50. The molecule has 0 unspecified atom stereocenters. The Morgan fingerprint density at radius 3 is 2.28 bits per heavy atom. The summed E-state index contributed by atoms with van der Waals surface area (Å²) in [4.78, 5) is 34.9. The molecule has 1 fully saturated rings. The van der Waals surface area contributed by atoms with Crippen LogP contribution in [-0.2, 0) is 9.59 Å². The van der Waals surface area contributed by atoms with Gasteiger partial charge in [-0.15, -0.1) is 0 Å². The lowest BCUT2D eigenvalue weighted by atomic mass is 10.1. The quantitative estimate of drug-likeness (QED) is 0.374. The van der Waals surface area contributed by atoms with Crippen molar-refractivity contribution >= 4 is 39.9 Å². The molecule has 0 saturated carbocycles. The van der Waals surface area contributed by atoms with Gasteiger partial charge >= 0.3 is 6.03 Å². The normalized spacial score (nSPS) is 13.4. The first-order valence-electron chi connectivity index (χ1n) is 8.54. The molecular formula is C20H17BrN2O6. The van der Waals surface area contributed by atoms with E-state index < -0.39 is 17.8 Å². The molecule has 1 saturated heterocycles. The van der Waals surface area contributed by atoms with Crippen molar-refractivity contribution in [3.63, 3.8) is 0 Å². The molecule has 0 atom stereocenters. The molecule has 2 N–H and O–H groups in total. The van der Waals surface area contributed by atoms with E-state index in [0.717, 1.165) is 5.75 Å². The predicted molar refractivity (Wildman–Crippen MR) is 108 cm³/mol. The highest BCUT2D eigenvalue weighted by atomic mass is 79.9. The molecule has 3 rings (SSSR count). The van der Waals surface area contributed by atoms with Gasteiger partial charge in [0, 0.05) is 0 Å². The Bertz CT molecular complexity index is 952. The highest BCUT2D eigenvalue weighted by Crippen LogP contribution is 2.37. The first-order valence-corrected chi connectivity index (χ1v) is 9.34. The van der Waals surface area contributed by atoms with E-state index in [9.17, 15) is 14.4 Å². The monoisotopic (exact) mass is 460 g/mol. The molecule has 1 aliphatic rings. The molecule has 0 aromatic heterocycles. The van der Waals surface area contributed by atoms with Crippen LogP contribution < -0.4 is 24.8 Å². The van der Waals surface area contributed by atoms with Gasteiger partial charge in [-0.1, -0.05) is 18.2 Å². The topological polar surface area (TPSA) is 103 Å². The zero-order valence-electron chi connectivity index (χ0n) is 15.4. The van der Waals surface area contributed by atoms with Crippen molar-refractivity contribution in [1.82, 2.24) is 10.6 Å². The first kappa shape index (κ1) is 20.4. The fourth-order valence-electron chi connectivity index (χ4n) is 2.56. The Labute approximate surface area is 175 Å². The number of urea groups is 1. The van der Waals surface area contributed by atoms with E-state index in [1.807, 2.05) is 41.0 Å². The van der Waals surface area contributed by atoms with Crippen molar-refractivity contribution in [2.24, 2.45) is 0 Å². The number of halogens is 1. The SMILES string of the molecule is COc1cc(C=C2C(=O)NC(=O)NC2=O)cc(Br)c1OCCOc1ccccc1. The summed E-state index contributed by atoms with van der Waals surface area (Å²) in [6, 6.07) is 11.8. The molecule has 0 spiro atoms. The zero-order chi connectivity index (χ0) is 20.8. The molecule has 4 amide bonds. The highest BCUT2D eigenvalue weighted by molar-refractivity contribution is 9.10. The molecule has 8 nitrogen and oxygen atoms in total. The average molecular weight is 461 g/mol. The predicted octanol–water partition coefficient (Wildman–Crippen LogP) is 2.66. The van der Waals surface area contributed by atoms with E-state index in [1.54, 1.807) is 12.1 Å². The molecule has 1 heterocycles. The molecule has 1 aliphatic heterocycles. The number of amides is 4. The number of hydrogen-bond acceptors (Lipinski definition) is 6. The number of hydrogen-bond donors (Lipinski definition) is 2. The molecular weight excluding hydrogens is 444 g/mol. The number of para-hydroxylation sites is 1. The van der Waals surface area contributed by atoms with Gasteiger partial charge in [0.25, 0.3) is 11.8 Å². The van der Waals surface area contributed by atoms with Crippen LogP contribution in [0.15, 0.2) is 52.5 Å². The second-order valence-electron chi connectivity index (χ2n) is 5.84. The summed E-state index contributed by atoms with van der Waals surface area (Å²) in [5.41, 5.74) is 0.319. The number of methoxy groups -OCH3 is 1. The largest absolute Gasteiger partial charge is 0.493 e. The summed E-state index contributed by atoms with van der Waals surface area (Å²) in [5.74, 6) is 0.0590. The van der Waals surface area contributed by atoms with E-state index in [-0.39, 0.29) is 12.2 Å². The van der Waals surface area contributed by atoms with Crippen molar-refractivity contribution in [2.75, 3.05) is 20.3 Å². The van der Waals surface area contributed by atoms with E-state index in [0.29, 0.717) is 28.1 Å². The molecule has 0 aliphatic carbocycles. The van der Waals surface area contributed by atoms with Gasteiger partial charge in [-0.3, -0.25) is 20.2 Å². The number of rotatable bonds is 7. The van der Waals surface area contributed by atoms with Gasteiger partial charge in [-0.25, -0.2) is 4.79 Å². The van der Waals surface area contributed by atoms with E-state index in [4.69, 9.17) is 14.2 Å². The number of carbonyl (C=O) groups excluding carboxylic acids is 3. The number of imide groups is 2. The summed E-state index contributed by atoms with van der Waals surface area (Å²) < 4.78 is 17.3. The van der Waals surface area contributed by atoms with E-state index in [2.05, 4.69) is 15.9 Å². The second kappa shape index (κ2) is 9.24. The maximum atomic E-state index is 11.9. The molecule has 2 aromatic rings. The number of nitrogens with one attached hydrogen (secondary N) is 2. The third-order valence-corrected chi connectivity index (χ3v) is 4.44. The van der Waals surface area contributed by atoms with Crippen LogP contribution in [0, 0.1) is 0 Å². The van der Waals surface area contributed by atoms with Crippen LogP contribution in [0.25, 0.3) is 6.08 Å². The van der Waals surface area contributed by atoms with Crippen LogP contribution in [0.2, 0.25) is 0 Å². The van der Waals surface area contributed by atoms with Crippen molar-refractivity contribution in [1.29, 1.82) is 0 Å². The Morgan fingerprint density at radius 2 is 1.62 bits per heavy atom. The van der Waals surface area contributed by atoms with Gasteiger partial charge in [0.15, 0.2) is 11.5 Å². The molecule has 0 bridgehead atoms. The summed E-state index contributed by atoms with van der Waals surface area (Å²) in [5, 5.41) is 4.05.